The number of nitriles is 1. The lowest BCUT2D eigenvalue weighted by Gasteiger charge is -2.14. The molecule has 1 aromatic carbocycles. The van der Waals surface area contributed by atoms with Crippen LogP contribution in [0.5, 0.6) is 11.6 Å². The van der Waals surface area contributed by atoms with Gasteiger partial charge < -0.3 is 14.5 Å². The third kappa shape index (κ3) is 4.71. The number of pyridine rings is 2. The van der Waals surface area contributed by atoms with Gasteiger partial charge in [-0.1, -0.05) is 6.92 Å². The third-order valence-corrected chi connectivity index (χ3v) is 6.58. The number of fused-ring (bicyclic) bond motifs is 1. The topological polar surface area (TPSA) is 130 Å². The molecule has 0 unspecified atom stereocenters. The van der Waals surface area contributed by atoms with E-state index in [1.54, 1.807) is 12.1 Å². The molecule has 9 nitrogen and oxygen atoms in total. The van der Waals surface area contributed by atoms with Crippen molar-refractivity contribution in [1.29, 1.82) is 5.26 Å². The Balaban J connectivity index is 0.00000241. The number of hydrogen-bond acceptors (Lipinski definition) is 7. The second-order valence-corrected chi connectivity index (χ2v) is 9.01. The third-order valence-electron chi connectivity index (χ3n) is 5.22. The van der Waals surface area contributed by atoms with Crippen LogP contribution in [0.15, 0.2) is 47.8 Å². The number of ether oxygens (including phenoxy) is 2. The number of nitrogens with zero attached hydrogens (tertiary/aromatic N) is 3. The Kier molecular flexibility index (Phi) is 6.52. The van der Waals surface area contributed by atoms with Gasteiger partial charge in [-0.2, -0.15) is 5.26 Å². The SMILES string of the molecule is CCc1c[nH]c2ncc(OCc3c(F)ccc(NS(=O)(=O)c4cc(C#N)cnc4OC)c3F)cc12.[HH].[HH]. The Morgan fingerprint density at radius 2 is 2.03 bits per heavy atom. The van der Waals surface area contributed by atoms with Gasteiger partial charge in [-0.15, -0.1) is 0 Å². The number of sulfonamides is 1. The van der Waals surface area contributed by atoms with Gasteiger partial charge in [0, 0.05) is 20.6 Å². The lowest BCUT2D eigenvalue weighted by Crippen LogP contribution is -2.17. The maximum atomic E-state index is 15.2. The van der Waals surface area contributed by atoms with Crippen LogP contribution in [0.3, 0.4) is 0 Å². The number of anilines is 1. The summed E-state index contributed by atoms with van der Waals surface area (Å²) in [6.45, 7) is 1.47. The number of halogens is 2. The Morgan fingerprint density at radius 3 is 2.74 bits per heavy atom. The zero-order chi connectivity index (χ0) is 25.2. The average molecular weight is 504 g/mol. The largest absolute Gasteiger partial charge is 0.487 e. The fourth-order valence-corrected chi connectivity index (χ4v) is 4.62. The van der Waals surface area contributed by atoms with E-state index in [1.165, 1.54) is 13.3 Å². The average Bonchev–Trinajstić information content (AvgIpc) is 3.27. The monoisotopic (exact) mass is 503 g/mol. The van der Waals surface area contributed by atoms with Crippen molar-refractivity contribution >= 4 is 26.7 Å². The summed E-state index contributed by atoms with van der Waals surface area (Å²) in [5.41, 5.74) is 0.636. The van der Waals surface area contributed by atoms with Crippen molar-refractivity contribution in [3.05, 3.63) is 71.2 Å². The summed E-state index contributed by atoms with van der Waals surface area (Å²) in [5.74, 6) is -2.06. The van der Waals surface area contributed by atoms with Gasteiger partial charge in [-0.05, 0) is 36.2 Å². The van der Waals surface area contributed by atoms with Gasteiger partial charge in [0.2, 0.25) is 5.88 Å². The lowest BCUT2D eigenvalue weighted by atomic mass is 10.1. The molecule has 0 amide bonds. The Hall–Kier alpha value is -4.24. The van der Waals surface area contributed by atoms with Gasteiger partial charge >= 0.3 is 0 Å². The number of aromatic nitrogens is 3. The van der Waals surface area contributed by atoms with Gasteiger partial charge in [-0.3, -0.25) is 4.72 Å². The highest BCUT2D eigenvalue weighted by molar-refractivity contribution is 7.92. The fourth-order valence-electron chi connectivity index (χ4n) is 3.41. The van der Waals surface area contributed by atoms with Crippen LogP contribution in [0.1, 0.15) is 26.5 Å². The van der Waals surface area contributed by atoms with E-state index < -0.39 is 44.4 Å². The van der Waals surface area contributed by atoms with Crippen molar-refractivity contribution in [3.63, 3.8) is 0 Å². The Labute approximate surface area is 202 Å². The number of hydrogen-bond donors (Lipinski definition) is 2. The minimum Gasteiger partial charge on any atom is -0.487 e. The van der Waals surface area contributed by atoms with Crippen molar-refractivity contribution in [2.75, 3.05) is 11.8 Å². The Morgan fingerprint density at radius 1 is 1.23 bits per heavy atom. The summed E-state index contributed by atoms with van der Waals surface area (Å²) in [7, 11) is -3.24. The predicted molar refractivity (Wildman–Crippen MR) is 127 cm³/mol. The van der Waals surface area contributed by atoms with Gasteiger partial charge in [0.25, 0.3) is 10.0 Å². The van der Waals surface area contributed by atoms with Crippen LogP contribution in [0.4, 0.5) is 14.5 Å². The molecule has 3 heterocycles. The maximum Gasteiger partial charge on any atom is 0.267 e. The molecule has 0 aliphatic rings. The van der Waals surface area contributed by atoms with Crippen LogP contribution in [0.25, 0.3) is 11.0 Å². The molecule has 12 heteroatoms. The number of rotatable bonds is 8. The second-order valence-electron chi connectivity index (χ2n) is 7.36. The highest BCUT2D eigenvalue weighted by Gasteiger charge is 2.25. The van der Waals surface area contributed by atoms with E-state index in [9.17, 15) is 12.8 Å². The smallest absolute Gasteiger partial charge is 0.267 e. The van der Waals surface area contributed by atoms with Crippen molar-refractivity contribution in [2.24, 2.45) is 0 Å². The molecule has 0 fully saturated rings. The first-order chi connectivity index (χ1) is 16.8. The number of methoxy groups -OCH3 is 1. The summed E-state index contributed by atoms with van der Waals surface area (Å²) >= 11 is 0. The summed E-state index contributed by atoms with van der Waals surface area (Å²) in [6.07, 6.45) is 5.14. The maximum absolute atomic E-state index is 15.2. The molecule has 4 aromatic rings. The number of aromatic amines is 1. The summed E-state index contributed by atoms with van der Waals surface area (Å²) in [6, 6.07) is 6.39. The van der Waals surface area contributed by atoms with Gasteiger partial charge in [0.15, 0.2) is 10.7 Å². The van der Waals surface area contributed by atoms with E-state index in [1.807, 2.05) is 13.1 Å². The van der Waals surface area contributed by atoms with Crippen LogP contribution in [-0.2, 0) is 23.1 Å². The molecule has 3 aromatic heterocycles. The molecule has 0 aliphatic carbocycles. The van der Waals surface area contributed by atoms with Crippen LogP contribution < -0.4 is 14.2 Å². The summed E-state index contributed by atoms with van der Waals surface area (Å²) in [4.78, 5) is 10.6. The van der Waals surface area contributed by atoms with E-state index >= 15 is 4.39 Å². The molecule has 4 rings (SSSR count). The summed E-state index contributed by atoms with van der Waals surface area (Å²) < 4.78 is 68.0. The predicted octanol–water partition coefficient (Wildman–Crippen LogP) is 4.55. The molecule has 0 radical (unpaired) electrons. The first kappa shape index (κ1) is 23.9. The Bertz CT molecular complexity index is 1580. The van der Waals surface area contributed by atoms with Crippen LogP contribution in [0, 0.1) is 23.0 Å². The molecule has 35 heavy (non-hydrogen) atoms. The van der Waals surface area contributed by atoms with E-state index in [2.05, 4.69) is 19.7 Å². The highest BCUT2D eigenvalue weighted by atomic mass is 32.2. The van der Waals surface area contributed by atoms with E-state index in [-0.39, 0.29) is 14.3 Å². The molecule has 184 valence electrons. The number of H-pyrrole nitrogens is 1. The van der Waals surface area contributed by atoms with Crippen molar-refractivity contribution in [3.8, 4) is 17.7 Å². The molecular weight excluding hydrogens is 480 g/mol. The first-order valence-electron chi connectivity index (χ1n) is 10.3. The normalized spacial score (nSPS) is 11.3. The fraction of sp³-hybridized carbons (Fsp3) is 0.174. The van der Waals surface area contributed by atoms with Crippen molar-refractivity contribution in [1.82, 2.24) is 15.0 Å². The molecule has 0 bridgehead atoms. The molecule has 0 aliphatic heterocycles. The molecule has 0 spiro atoms. The lowest BCUT2D eigenvalue weighted by molar-refractivity contribution is 0.292. The van der Waals surface area contributed by atoms with Gasteiger partial charge in [0.05, 0.1) is 30.1 Å². The number of aryl methyl sites for hydroxylation is 1. The van der Waals surface area contributed by atoms with E-state index in [0.29, 0.717) is 11.4 Å². The standard InChI is InChI=1S/C23H19F2N5O4S.2H2/c1-3-14-10-27-22-16(14)7-15(11-28-22)34-12-17-18(24)4-5-19(21(17)25)30-35(31,32)20-6-13(8-26)9-29-23(20)33-2;;/h4-7,9-11,30H,3,12H2,1-2H3,(H,27,28);2*1H. The van der Waals surface area contributed by atoms with Crippen LogP contribution in [-0.4, -0.2) is 30.5 Å². The van der Waals surface area contributed by atoms with Gasteiger partial charge in [-0.25, -0.2) is 27.2 Å². The van der Waals surface area contributed by atoms with E-state index in [4.69, 9.17) is 14.7 Å². The molecular formula is C23H23F2N5O4S. The zero-order valence-electron chi connectivity index (χ0n) is 18.6. The minimum atomic E-state index is -4.44. The minimum absolute atomic E-state index is 0. The first-order valence-corrected chi connectivity index (χ1v) is 11.8. The van der Waals surface area contributed by atoms with E-state index in [0.717, 1.165) is 41.8 Å². The quantitative estimate of drug-likeness (QED) is 0.361. The number of nitrogens with one attached hydrogen (secondary N) is 2. The summed E-state index contributed by atoms with van der Waals surface area (Å²) in [5, 5.41) is 9.88. The zero-order valence-corrected chi connectivity index (χ0v) is 19.4. The molecule has 2 N–H and O–H groups in total. The van der Waals surface area contributed by atoms with Crippen molar-refractivity contribution < 1.29 is 29.5 Å². The molecule has 0 atom stereocenters. The highest BCUT2D eigenvalue weighted by Crippen LogP contribution is 2.29. The van der Waals surface area contributed by atoms with Crippen molar-refractivity contribution in [2.45, 2.75) is 24.8 Å². The number of benzene rings is 1. The molecule has 0 saturated heterocycles. The van der Waals surface area contributed by atoms with Crippen LogP contribution in [0.2, 0.25) is 0 Å². The van der Waals surface area contributed by atoms with Gasteiger partial charge in [0.1, 0.15) is 29.9 Å². The van der Waals surface area contributed by atoms with Crippen LogP contribution >= 0.6 is 0 Å². The second kappa shape index (κ2) is 9.55. The molecule has 0 saturated carbocycles.